The summed E-state index contributed by atoms with van der Waals surface area (Å²) < 4.78 is 59.3. The summed E-state index contributed by atoms with van der Waals surface area (Å²) in [6.45, 7) is 0. The highest BCUT2D eigenvalue weighted by Gasteiger charge is 2.31. The highest BCUT2D eigenvalue weighted by molar-refractivity contribution is 5.84. The quantitative estimate of drug-likeness (QED) is 0.352. The number of aromatic nitrogens is 3. The number of anilines is 3. The molecule has 0 amide bonds. The van der Waals surface area contributed by atoms with Crippen molar-refractivity contribution in [3.05, 3.63) is 48.7 Å². The summed E-state index contributed by atoms with van der Waals surface area (Å²) in [4.78, 5) is 8.95. The van der Waals surface area contributed by atoms with E-state index in [1.54, 1.807) is 31.4 Å². The number of nitrogens with one attached hydrogen (secondary N) is 2. The van der Waals surface area contributed by atoms with E-state index < -0.39 is 6.36 Å². The van der Waals surface area contributed by atoms with Crippen LogP contribution in [0.15, 0.2) is 48.7 Å². The average Bonchev–Trinajstić information content (AvgIpc) is 3.21. The van der Waals surface area contributed by atoms with Gasteiger partial charge in [-0.1, -0.05) is 0 Å². The fraction of sp³-hybridized carbons (Fsp3) is 0.217. The maximum Gasteiger partial charge on any atom is 0.573 e. The topological polar surface area (TPSA) is 91.7 Å². The molecule has 2 heterocycles. The number of halogens is 3. The van der Waals surface area contributed by atoms with Crippen molar-refractivity contribution >= 4 is 28.5 Å². The molecule has 0 bridgehead atoms. The van der Waals surface area contributed by atoms with Gasteiger partial charge in [-0.2, -0.15) is 0 Å². The second kappa shape index (κ2) is 9.49. The molecule has 0 saturated carbocycles. The van der Waals surface area contributed by atoms with Crippen molar-refractivity contribution in [3.63, 3.8) is 0 Å². The van der Waals surface area contributed by atoms with Crippen LogP contribution in [-0.2, 0) is 0 Å². The summed E-state index contributed by atoms with van der Waals surface area (Å²) in [7, 11) is 6.33. The Morgan fingerprint density at radius 3 is 2.11 bits per heavy atom. The zero-order chi connectivity index (χ0) is 25.2. The normalized spacial score (nSPS) is 11.3. The summed E-state index contributed by atoms with van der Waals surface area (Å²) in [5.41, 5.74) is 2.54. The molecule has 4 aromatic rings. The first kappa shape index (κ1) is 23.8. The lowest BCUT2D eigenvalue weighted by molar-refractivity contribution is -0.274. The number of hydrogen-bond acceptors (Lipinski definition) is 8. The van der Waals surface area contributed by atoms with E-state index in [0.717, 1.165) is 0 Å². The van der Waals surface area contributed by atoms with Gasteiger partial charge in [0, 0.05) is 30.9 Å². The lowest BCUT2D eigenvalue weighted by Gasteiger charge is -2.16. The number of rotatable bonds is 8. The SMILES string of the molecule is CNc1nc2cnc(Nc3ccc(OC(F)(F)F)cc3)cc2n1-c1cc(OC)c(OC)c(OC)c1. The number of nitrogens with zero attached hydrogens (tertiary/aromatic N) is 3. The molecule has 2 aromatic carbocycles. The first-order valence-corrected chi connectivity index (χ1v) is 10.3. The van der Waals surface area contributed by atoms with Crippen LogP contribution in [0.5, 0.6) is 23.0 Å². The summed E-state index contributed by atoms with van der Waals surface area (Å²) in [5.74, 6) is 2.08. The van der Waals surface area contributed by atoms with Crippen molar-refractivity contribution in [3.8, 4) is 28.7 Å². The van der Waals surface area contributed by atoms with Crippen LogP contribution in [0.1, 0.15) is 0 Å². The molecular weight excluding hydrogens is 467 g/mol. The zero-order valence-corrected chi connectivity index (χ0v) is 19.2. The van der Waals surface area contributed by atoms with Crippen LogP contribution < -0.4 is 29.6 Å². The monoisotopic (exact) mass is 489 g/mol. The number of ether oxygens (including phenoxy) is 4. The molecule has 2 N–H and O–H groups in total. The Bertz CT molecular complexity index is 1310. The Hall–Kier alpha value is -4.35. The van der Waals surface area contributed by atoms with Crippen molar-refractivity contribution in [1.29, 1.82) is 0 Å². The minimum Gasteiger partial charge on any atom is -0.493 e. The number of alkyl halides is 3. The summed E-state index contributed by atoms with van der Waals surface area (Å²) in [6, 6.07) is 10.7. The maximum atomic E-state index is 12.4. The number of imidazole rings is 1. The van der Waals surface area contributed by atoms with Gasteiger partial charge in [-0.25, -0.2) is 9.97 Å². The van der Waals surface area contributed by atoms with E-state index in [9.17, 15) is 13.2 Å². The molecule has 184 valence electrons. The molecule has 0 aliphatic rings. The predicted octanol–water partition coefficient (Wildman–Crippen LogP) is 5.13. The molecule has 0 aliphatic carbocycles. The minimum atomic E-state index is -4.75. The highest BCUT2D eigenvalue weighted by Crippen LogP contribution is 2.41. The van der Waals surface area contributed by atoms with E-state index in [-0.39, 0.29) is 5.75 Å². The number of fused-ring (bicyclic) bond motifs is 1. The smallest absolute Gasteiger partial charge is 0.493 e. The van der Waals surface area contributed by atoms with Crippen molar-refractivity contribution in [2.24, 2.45) is 0 Å². The second-order valence-electron chi connectivity index (χ2n) is 7.16. The van der Waals surface area contributed by atoms with Gasteiger partial charge in [-0.05, 0) is 24.3 Å². The fourth-order valence-electron chi connectivity index (χ4n) is 3.56. The van der Waals surface area contributed by atoms with Crippen molar-refractivity contribution in [2.45, 2.75) is 6.36 Å². The van der Waals surface area contributed by atoms with E-state index in [0.29, 0.717) is 51.4 Å². The third-order valence-electron chi connectivity index (χ3n) is 5.03. The Morgan fingerprint density at radius 1 is 0.914 bits per heavy atom. The molecule has 9 nitrogen and oxygen atoms in total. The largest absolute Gasteiger partial charge is 0.573 e. The molecular formula is C23H22F3N5O4. The molecule has 4 rings (SSSR count). The number of pyridine rings is 1. The van der Waals surface area contributed by atoms with Crippen LogP contribution in [0, 0.1) is 0 Å². The molecule has 0 fully saturated rings. The lowest BCUT2D eigenvalue weighted by Crippen LogP contribution is -2.16. The third kappa shape index (κ3) is 4.95. The van der Waals surface area contributed by atoms with E-state index >= 15 is 0 Å². The first-order valence-electron chi connectivity index (χ1n) is 10.3. The van der Waals surface area contributed by atoms with E-state index in [2.05, 4.69) is 25.3 Å². The maximum absolute atomic E-state index is 12.4. The van der Waals surface area contributed by atoms with Gasteiger partial charge in [0.25, 0.3) is 0 Å². The average molecular weight is 489 g/mol. The Morgan fingerprint density at radius 2 is 1.57 bits per heavy atom. The van der Waals surface area contributed by atoms with Crippen molar-refractivity contribution in [1.82, 2.24) is 14.5 Å². The summed E-state index contributed by atoms with van der Waals surface area (Å²) in [6.07, 6.45) is -3.16. The Kier molecular flexibility index (Phi) is 6.45. The van der Waals surface area contributed by atoms with Gasteiger partial charge in [0.05, 0.1) is 38.7 Å². The van der Waals surface area contributed by atoms with E-state index in [4.69, 9.17) is 14.2 Å². The molecule has 12 heteroatoms. The van der Waals surface area contributed by atoms with Gasteiger partial charge in [0.2, 0.25) is 11.7 Å². The standard InChI is InChI=1S/C23H22F3N5O4/c1-27-22-30-16-12-28-20(29-13-5-7-15(8-6-13)35-23(24,25)26)11-17(16)31(22)14-9-18(32-2)21(34-4)19(10-14)33-3/h5-12H,1-4H3,(H,27,30)(H,28,29). The van der Waals surface area contributed by atoms with Gasteiger partial charge in [-0.3, -0.25) is 4.57 Å². The zero-order valence-electron chi connectivity index (χ0n) is 19.2. The lowest BCUT2D eigenvalue weighted by atomic mass is 10.2. The van der Waals surface area contributed by atoms with Gasteiger partial charge in [0.1, 0.15) is 17.1 Å². The predicted molar refractivity (Wildman–Crippen MR) is 124 cm³/mol. The summed E-state index contributed by atoms with van der Waals surface area (Å²) >= 11 is 0. The Balaban J connectivity index is 1.74. The number of methoxy groups -OCH3 is 3. The highest BCUT2D eigenvalue weighted by atomic mass is 19.4. The van der Waals surface area contributed by atoms with E-state index in [1.807, 2.05) is 4.57 Å². The van der Waals surface area contributed by atoms with E-state index in [1.165, 1.54) is 45.6 Å². The molecule has 35 heavy (non-hydrogen) atoms. The second-order valence-corrected chi connectivity index (χ2v) is 7.16. The number of benzene rings is 2. The third-order valence-corrected chi connectivity index (χ3v) is 5.03. The van der Waals surface area contributed by atoms with Crippen LogP contribution in [-0.4, -0.2) is 49.3 Å². The van der Waals surface area contributed by atoms with Crippen LogP contribution in [0.2, 0.25) is 0 Å². The molecule has 2 aromatic heterocycles. The van der Waals surface area contributed by atoms with Crippen molar-refractivity contribution < 1.29 is 32.1 Å². The molecule has 0 saturated heterocycles. The van der Waals surface area contributed by atoms with Gasteiger partial charge in [-0.15, -0.1) is 13.2 Å². The van der Waals surface area contributed by atoms with Gasteiger partial charge < -0.3 is 29.6 Å². The van der Waals surface area contributed by atoms with Crippen LogP contribution in [0.25, 0.3) is 16.7 Å². The molecule has 0 spiro atoms. The van der Waals surface area contributed by atoms with Crippen LogP contribution in [0.3, 0.4) is 0 Å². The molecule has 0 radical (unpaired) electrons. The van der Waals surface area contributed by atoms with Crippen molar-refractivity contribution in [2.75, 3.05) is 39.0 Å². The Labute approximate surface area is 198 Å². The fourth-order valence-corrected chi connectivity index (χ4v) is 3.56. The van der Waals surface area contributed by atoms with Crippen LogP contribution in [0.4, 0.5) is 30.6 Å². The first-order chi connectivity index (χ1) is 16.8. The molecule has 0 atom stereocenters. The summed E-state index contributed by atoms with van der Waals surface area (Å²) in [5, 5.41) is 6.14. The molecule has 0 unspecified atom stereocenters. The minimum absolute atomic E-state index is 0.314. The van der Waals surface area contributed by atoms with Gasteiger partial charge >= 0.3 is 6.36 Å². The number of hydrogen-bond donors (Lipinski definition) is 2. The van der Waals surface area contributed by atoms with Gasteiger partial charge in [0.15, 0.2) is 11.5 Å². The van der Waals surface area contributed by atoms with Crippen LogP contribution >= 0.6 is 0 Å². The molecule has 0 aliphatic heterocycles.